The van der Waals surface area contributed by atoms with Crippen LogP contribution >= 0.6 is 0 Å². The van der Waals surface area contributed by atoms with Gasteiger partial charge in [-0.25, -0.2) is 0 Å². The minimum Gasteiger partial charge on any atom is -0.353 e. The van der Waals surface area contributed by atoms with E-state index in [9.17, 15) is 9.59 Å². The van der Waals surface area contributed by atoms with Crippen LogP contribution < -0.4 is 10.6 Å². The molecule has 1 fully saturated rings. The van der Waals surface area contributed by atoms with Crippen molar-refractivity contribution in [1.82, 2.24) is 5.32 Å². The summed E-state index contributed by atoms with van der Waals surface area (Å²) in [6.07, 6.45) is 6.56. The summed E-state index contributed by atoms with van der Waals surface area (Å²) in [4.78, 5) is 24.5. The summed E-state index contributed by atoms with van der Waals surface area (Å²) in [5, 5.41) is 6.05. The van der Waals surface area contributed by atoms with Gasteiger partial charge in [-0.05, 0) is 43.9 Å². The van der Waals surface area contributed by atoms with Crippen molar-refractivity contribution in [2.24, 2.45) is 0 Å². The van der Waals surface area contributed by atoms with Crippen LogP contribution in [0.1, 0.15) is 71.3 Å². The summed E-state index contributed by atoms with van der Waals surface area (Å²) >= 11 is 0. The quantitative estimate of drug-likeness (QED) is 0.823. The van der Waals surface area contributed by atoms with Crippen molar-refractivity contribution in [2.75, 3.05) is 5.32 Å². The molecule has 4 heteroatoms. The second-order valence-electron chi connectivity index (χ2n) is 6.90. The molecule has 1 aliphatic carbocycles. The number of benzene rings is 1. The highest BCUT2D eigenvalue weighted by Crippen LogP contribution is 2.40. The van der Waals surface area contributed by atoms with Crippen LogP contribution in [0, 0.1) is 0 Å². The Hall–Kier alpha value is -1.84. The molecule has 1 atom stereocenters. The van der Waals surface area contributed by atoms with Gasteiger partial charge >= 0.3 is 0 Å². The molecule has 0 aliphatic heterocycles. The van der Waals surface area contributed by atoms with Gasteiger partial charge in [0.15, 0.2) is 0 Å². The van der Waals surface area contributed by atoms with Crippen LogP contribution in [0.5, 0.6) is 0 Å². The lowest BCUT2D eigenvalue weighted by Crippen LogP contribution is -2.48. The van der Waals surface area contributed by atoms with Gasteiger partial charge in [0.2, 0.25) is 11.8 Å². The van der Waals surface area contributed by atoms with Gasteiger partial charge in [-0.1, -0.05) is 45.2 Å². The van der Waals surface area contributed by atoms with Crippen LogP contribution in [0.2, 0.25) is 0 Å². The SMILES string of the molecule is CCC(=O)Nc1ccc(C2(C(=O)NC(C)CC)CCCCC2)cc1. The third-order valence-electron chi connectivity index (χ3n) is 5.17. The number of carbonyl (C=O) groups is 2. The van der Waals surface area contributed by atoms with E-state index in [1.807, 2.05) is 31.2 Å². The second-order valence-corrected chi connectivity index (χ2v) is 6.90. The second kappa shape index (κ2) is 8.32. The highest BCUT2D eigenvalue weighted by molar-refractivity contribution is 5.91. The molecule has 0 saturated heterocycles. The Labute approximate surface area is 145 Å². The summed E-state index contributed by atoms with van der Waals surface area (Å²) in [7, 11) is 0. The van der Waals surface area contributed by atoms with Crippen molar-refractivity contribution in [3.8, 4) is 0 Å². The Bertz CT molecular complexity index is 560. The zero-order chi connectivity index (χ0) is 17.6. The molecule has 1 unspecified atom stereocenters. The zero-order valence-corrected chi connectivity index (χ0v) is 15.2. The van der Waals surface area contributed by atoms with Crippen LogP contribution in [-0.2, 0) is 15.0 Å². The van der Waals surface area contributed by atoms with E-state index < -0.39 is 5.41 Å². The Morgan fingerprint density at radius 2 is 1.71 bits per heavy atom. The number of anilines is 1. The summed E-state index contributed by atoms with van der Waals surface area (Å²) in [6, 6.07) is 8.03. The molecule has 1 saturated carbocycles. The first-order valence-corrected chi connectivity index (χ1v) is 9.23. The molecule has 0 radical (unpaired) electrons. The summed E-state index contributed by atoms with van der Waals surface area (Å²) in [6.45, 7) is 5.97. The maximum atomic E-state index is 13.0. The molecule has 4 nitrogen and oxygen atoms in total. The van der Waals surface area contributed by atoms with Crippen LogP contribution in [0.3, 0.4) is 0 Å². The van der Waals surface area contributed by atoms with Gasteiger partial charge in [-0.15, -0.1) is 0 Å². The van der Waals surface area contributed by atoms with Crippen LogP contribution in [-0.4, -0.2) is 17.9 Å². The minimum atomic E-state index is -0.422. The lowest BCUT2D eigenvalue weighted by Gasteiger charge is -2.37. The highest BCUT2D eigenvalue weighted by Gasteiger charge is 2.41. The van der Waals surface area contributed by atoms with E-state index in [0.717, 1.165) is 43.4 Å². The Balaban J connectivity index is 2.24. The molecule has 2 rings (SSSR count). The predicted molar refractivity (Wildman–Crippen MR) is 98.0 cm³/mol. The first-order valence-electron chi connectivity index (χ1n) is 9.23. The van der Waals surface area contributed by atoms with E-state index in [2.05, 4.69) is 24.5 Å². The topological polar surface area (TPSA) is 58.2 Å². The third kappa shape index (κ3) is 4.16. The minimum absolute atomic E-state index is 0.00430. The average Bonchev–Trinajstić information content (AvgIpc) is 2.62. The molecule has 1 aromatic rings. The van der Waals surface area contributed by atoms with Crippen molar-refractivity contribution < 1.29 is 9.59 Å². The summed E-state index contributed by atoms with van der Waals surface area (Å²) in [5.74, 6) is 0.159. The van der Waals surface area contributed by atoms with E-state index in [4.69, 9.17) is 0 Å². The van der Waals surface area contributed by atoms with E-state index in [1.54, 1.807) is 0 Å². The van der Waals surface area contributed by atoms with E-state index in [0.29, 0.717) is 6.42 Å². The standard InChI is InChI=1S/C20H30N2O2/c1-4-15(3)21-19(24)20(13-7-6-8-14-20)16-9-11-17(12-10-16)22-18(23)5-2/h9-12,15H,4-8,13-14H2,1-3H3,(H,21,24)(H,22,23). The maximum absolute atomic E-state index is 13.0. The van der Waals surface area contributed by atoms with Gasteiger partial charge in [0.25, 0.3) is 0 Å². The molecule has 24 heavy (non-hydrogen) atoms. The van der Waals surface area contributed by atoms with Crippen molar-refractivity contribution in [1.29, 1.82) is 0 Å². The molecule has 132 valence electrons. The molecule has 0 bridgehead atoms. The van der Waals surface area contributed by atoms with Gasteiger partial charge in [0.05, 0.1) is 5.41 Å². The van der Waals surface area contributed by atoms with Crippen molar-refractivity contribution in [3.05, 3.63) is 29.8 Å². The van der Waals surface area contributed by atoms with Crippen LogP contribution in [0.25, 0.3) is 0 Å². The molecule has 2 amide bonds. The summed E-state index contributed by atoms with van der Waals surface area (Å²) < 4.78 is 0. The number of hydrogen-bond donors (Lipinski definition) is 2. The molecule has 1 aliphatic rings. The first kappa shape index (κ1) is 18.5. The Morgan fingerprint density at radius 1 is 1.08 bits per heavy atom. The molecular formula is C20H30N2O2. The number of rotatable bonds is 6. The van der Waals surface area contributed by atoms with Crippen molar-refractivity contribution in [3.63, 3.8) is 0 Å². The van der Waals surface area contributed by atoms with Gasteiger partial charge < -0.3 is 10.6 Å². The monoisotopic (exact) mass is 330 g/mol. The lowest BCUT2D eigenvalue weighted by molar-refractivity contribution is -0.128. The predicted octanol–water partition coefficient (Wildman–Crippen LogP) is 4.15. The number of amides is 2. The van der Waals surface area contributed by atoms with Crippen LogP contribution in [0.4, 0.5) is 5.69 Å². The molecule has 0 aromatic heterocycles. The number of hydrogen-bond acceptors (Lipinski definition) is 2. The zero-order valence-electron chi connectivity index (χ0n) is 15.2. The van der Waals surface area contributed by atoms with Crippen molar-refractivity contribution >= 4 is 17.5 Å². The average molecular weight is 330 g/mol. The number of nitrogens with one attached hydrogen (secondary N) is 2. The van der Waals surface area contributed by atoms with Gasteiger partial charge in [0, 0.05) is 18.2 Å². The van der Waals surface area contributed by atoms with Gasteiger partial charge in [0.1, 0.15) is 0 Å². The first-order chi connectivity index (χ1) is 11.5. The number of carbonyl (C=O) groups excluding carboxylic acids is 2. The van der Waals surface area contributed by atoms with Crippen LogP contribution in [0.15, 0.2) is 24.3 Å². The molecule has 0 heterocycles. The van der Waals surface area contributed by atoms with E-state index >= 15 is 0 Å². The summed E-state index contributed by atoms with van der Waals surface area (Å²) in [5.41, 5.74) is 1.44. The largest absolute Gasteiger partial charge is 0.353 e. The fourth-order valence-corrected chi connectivity index (χ4v) is 3.39. The van der Waals surface area contributed by atoms with Gasteiger partial charge in [-0.3, -0.25) is 9.59 Å². The fraction of sp³-hybridized carbons (Fsp3) is 0.600. The maximum Gasteiger partial charge on any atom is 0.230 e. The highest BCUT2D eigenvalue weighted by atomic mass is 16.2. The molecule has 0 spiro atoms. The molecule has 1 aromatic carbocycles. The Morgan fingerprint density at radius 3 is 2.25 bits per heavy atom. The molecular weight excluding hydrogens is 300 g/mol. The van der Waals surface area contributed by atoms with Gasteiger partial charge in [-0.2, -0.15) is 0 Å². The van der Waals surface area contributed by atoms with E-state index in [-0.39, 0.29) is 17.9 Å². The van der Waals surface area contributed by atoms with E-state index in [1.165, 1.54) is 6.42 Å². The fourth-order valence-electron chi connectivity index (χ4n) is 3.39. The smallest absolute Gasteiger partial charge is 0.230 e. The van der Waals surface area contributed by atoms with Crippen molar-refractivity contribution in [2.45, 2.75) is 77.2 Å². The lowest BCUT2D eigenvalue weighted by atomic mass is 9.68. The molecule has 2 N–H and O–H groups in total. The third-order valence-corrected chi connectivity index (χ3v) is 5.17. The Kier molecular flexibility index (Phi) is 6.41. The normalized spacial score (nSPS) is 17.8.